The molecule has 20 heavy (non-hydrogen) atoms. The molecule has 0 aliphatic rings. The maximum Gasteiger partial charge on any atom is 0.00863 e. The molecular weight excluding hydrogens is 244 g/mol. The van der Waals surface area contributed by atoms with Crippen LogP contribution < -0.4 is 11.1 Å². The minimum absolute atomic E-state index is 0.410. The molecule has 0 saturated carbocycles. The van der Waals surface area contributed by atoms with Gasteiger partial charge in [0.25, 0.3) is 0 Å². The van der Waals surface area contributed by atoms with E-state index in [4.69, 9.17) is 5.73 Å². The highest BCUT2D eigenvalue weighted by Crippen LogP contribution is 2.12. The average molecular weight is 268 g/mol. The summed E-state index contributed by atoms with van der Waals surface area (Å²) < 4.78 is 0. The van der Waals surface area contributed by atoms with Crippen LogP contribution in [0.5, 0.6) is 0 Å². The van der Waals surface area contributed by atoms with Crippen LogP contribution in [-0.2, 0) is 6.42 Å². The van der Waals surface area contributed by atoms with E-state index in [1.807, 2.05) is 6.07 Å². The predicted octanol–water partition coefficient (Wildman–Crippen LogP) is 2.95. The van der Waals surface area contributed by atoms with Crippen molar-refractivity contribution in [2.24, 2.45) is 5.73 Å². The van der Waals surface area contributed by atoms with Crippen molar-refractivity contribution in [3.8, 4) is 0 Å². The molecule has 3 N–H and O–H groups in total. The van der Waals surface area contributed by atoms with Crippen LogP contribution in [0.2, 0.25) is 0 Å². The van der Waals surface area contributed by atoms with Crippen LogP contribution >= 0.6 is 0 Å². The molecule has 2 rings (SSSR count). The highest BCUT2D eigenvalue weighted by atomic mass is 14.9. The molecule has 2 heteroatoms. The molecule has 0 radical (unpaired) electrons. The second-order valence-electron chi connectivity index (χ2n) is 5.14. The maximum absolute atomic E-state index is 5.87. The molecule has 1 unspecified atom stereocenters. The topological polar surface area (TPSA) is 38.0 Å². The molecule has 0 amide bonds. The van der Waals surface area contributed by atoms with Crippen molar-refractivity contribution in [3.63, 3.8) is 0 Å². The third-order valence-corrected chi connectivity index (χ3v) is 3.61. The van der Waals surface area contributed by atoms with Gasteiger partial charge >= 0.3 is 0 Å². The quantitative estimate of drug-likeness (QED) is 0.722. The van der Waals surface area contributed by atoms with Crippen LogP contribution in [0, 0.1) is 0 Å². The Labute approximate surface area is 122 Å². The van der Waals surface area contributed by atoms with E-state index in [1.54, 1.807) is 0 Å². The van der Waals surface area contributed by atoms with E-state index in [1.165, 1.54) is 11.1 Å². The van der Waals surface area contributed by atoms with E-state index in [9.17, 15) is 0 Å². The molecule has 2 nitrogen and oxygen atoms in total. The van der Waals surface area contributed by atoms with Crippen LogP contribution in [0.3, 0.4) is 0 Å². The third kappa shape index (κ3) is 4.80. The van der Waals surface area contributed by atoms with Gasteiger partial charge in [0.05, 0.1) is 0 Å². The van der Waals surface area contributed by atoms with Gasteiger partial charge in [-0.2, -0.15) is 0 Å². The Morgan fingerprint density at radius 2 is 1.55 bits per heavy atom. The summed E-state index contributed by atoms with van der Waals surface area (Å²) in [6.07, 6.45) is 2.29. The summed E-state index contributed by atoms with van der Waals surface area (Å²) in [5, 5.41) is 3.53. The smallest absolute Gasteiger partial charge is 0.00863 e. The Balaban J connectivity index is 1.67. The highest BCUT2D eigenvalue weighted by molar-refractivity contribution is 5.20. The van der Waals surface area contributed by atoms with E-state index < -0.39 is 0 Å². The van der Waals surface area contributed by atoms with Crippen LogP contribution in [0.15, 0.2) is 60.7 Å². The van der Waals surface area contributed by atoms with Gasteiger partial charge in [-0.05, 0) is 30.5 Å². The number of nitrogens with two attached hydrogens (primary N) is 1. The van der Waals surface area contributed by atoms with E-state index in [0.29, 0.717) is 12.5 Å². The minimum Gasteiger partial charge on any atom is -0.330 e. The zero-order valence-electron chi connectivity index (χ0n) is 12.0. The maximum atomic E-state index is 5.87. The third-order valence-electron chi connectivity index (χ3n) is 3.61. The first-order valence-corrected chi connectivity index (χ1v) is 7.40. The van der Waals surface area contributed by atoms with Crippen LogP contribution in [-0.4, -0.2) is 19.6 Å². The van der Waals surface area contributed by atoms with Crippen LogP contribution in [0.1, 0.15) is 23.5 Å². The second kappa shape index (κ2) is 8.51. The molecule has 0 aliphatic carbocycles. The molecule has 1 atom stereocenters. The fourth-order valence-corrected chi connectivity index (χ4v) is 2.40. The molecule has 2 aromatic carbocycles. The van der Waals surface area contributed by atoms with Crippen molar-refractivity contribution in [1.29, 1.82) is 0 Å². The highest BCUT2D eigenvalue weighted by Gasteiger charge is 2.07. The second-order valence-corrected chi connectivity index (χ2v) is 5.14. The van der Waals surface area contributed by atoms with Crippen molar-refractivity contribution >= 4 is 0 Å². The van der Waals surface area contributed by atoms with Crippen molar-refractivity contribution in [3.05, 3.63) is 71.8 Å². The average Bonchev–Trinajstić information content (AvgIpc) is 2.53. The summed E-state index contributed by atoms with van der Waals surface area (Å²) in [5.41, 5.74) is 8.61. The number of rotatable bonds is 8. The van der Waals surface area contributed by atoms with E-state index in [-0.39, 0.29) is 0 Å². The lowest BCUT2D eigenvalue weighted by molar-refractivity contribution is 0.575. The molecule has 0 saturated heterocycles. The number of benzene rings is 2. The first kappa shape index (κ1) is 14.8. The molecule has 2 aromatic rings. The van der Waals surface area contributed by atoms with Gasteiger partial charge in [0.15, 0.2) is 0 Å². The standard InChI is InChI=1S/C18H24N2/c19-14-18(17-11-5-2-6-12-17)15-20-13-7-10-16-8-3-1-4-9-16/h1-6,8-9,11-12,18,20H,7,10,13-15,19H2. The van der Waals surface area contributed by atoms with Gasteiger partial charge in [0, 0.05) is 19.0 Å². The van der Waals surface area contributed by atoms with Crippen LogP contribution in [0.25, 0.3) is 0 Å². The van der Waals surface area contributed by atoms with E-state index >= 15 is 0 Å². The van der Waals surface area contributed by atoms with Gasteiger partial charge in [-0.1, -0.05) is 60.7 Å². The first-order chi connectivity index (χ1) is 9.90. The predicted molar refractivity (Wildman–Crippen MR) is 85.9 cm³/mol. The van der Waals surface area contributed by atoms with Gasteiger partial charge in [0.2, 0.25) is 0 Å². The van der Waals surface area contributed by atoms with Gasteiger partial charge in [-0.15, -0.1) is 0 Å². The summed E-state index contributed by atoms with van der Waals surface area (Å²) in [6.45, 7) is 2.68. The summed E-state index contributed by atoms with van der Waals surface area (Å²) >= 11 is 0. The molecule has 0 aromatic heterocycles. The summed E-state index contributed by atoms with van der Waals surface area (Å²) in [7, 11) is 0. The van der Waals surface area contributed by atoms with Crippen LogP contribution in [0.4, 0.5) is 0 Å². The fraction of sp³-hybridized carbons (Fsp3) is 0.333. The lowest BCUT2D eigenvalue weighted by Crippen LogP contribution is -2.27. The first-order valence-electron chi connectivity index (χ1n) is 7.40. The van der Waals surface area contributed by atoms with Crippen molar-refractivity contribution in [1.82, 2.24) is 5.32 Å². The summed E-state index contributed by atoms with van der Waals surface area (Å²) in [5.74, 6) is 0.410. The molecule has 0 spiro atoms. The molecule has 106 valence electrons. The van der Waals surface area contributed by atoms with Gasteiger partial charge in [-0.3, -0.25) is 0 Å². The largest absolute Gasteiger partial charge is 0.330 e. The molecule has 0 bridgehead atoms. The molecular formula is C18H24N2. The normalized spacial score (nSPS) is 12.2. The molecule has 0 fully saturated rings. The Morgan fingerprint density at radius 3 is 2.20 bits per heavy atom. The molecule has 0 heterocycles. The van der Waals surface area contributed by atoms with E-state index in [0.717, 1.165) is 25.9 Å². The van der Waals surface area contributed by atoms with Crippen molar-refractivity contribution < 1.29 is 0 Å². The number of hydrogen-bond acceptors (Lipinski definition) is 2. The Kier molecular flexibility index (Phi) is 6.28. The summed E-state index contributed by atoms with van der Waals surface area (Å²) in [6, 6.07) is 21.1. The Hall–Kier alpha value is -1.64. The van der Waals surface area contributed by atoms with Gasteiger partial charge in [0.1, 0.15) is 0 Å². The SMILES string of the molecule is NCC(CNCCCc1ccccc1)c1ccccc1. The van der Waals surface area contributed by atoms with Gasteiger partial charge < -0.3 is 11.1 Å². The van der Waals surface area contributed by atoms with Gasteiger partial charge in [-0.25, -0.2) is 0 Å². The van der Waals surface area contributed by atoms with E-state index in [2.05, 4.69) is 59.9 Å². The van der Waals surface area contributed by atoms with Crippen molar-refractivity contribution in [2.45, 2.75) is 18.8 Å². The lowest BCUT2D eigenvalue weighted by Gasteiger charge is -2.16. The zero-order valence-corrected chi connectivity index (χ0v) is 12.0. The monoisotopic (exact) mass is 268 g/mol. The number of hydrogen-bond donors (Lipinski definition) is 2. The Bertz CT molecular complexity index is 467. The fourth-order valence-electron chi connectivity index (χ4n) is 2.40. The number of nitrogens with one attached hydrogen (secondary N) is 1. The Morgan fingerprint density at radius 1 is 0.900 bits per heavy atom. The zero-order chi connectivity index (χ0) is 14.0. The minimum atomic E-state index is 0.410. The lowest BCUT2D eigenvalue weighted by atomic mass is 9.99. The number of aryl methyl sites for hydroxylation is 1. The van der Waals surface area contributed by atoms with Crippen molar-refractivity contribution in [2.75, 3.05) is 19.6 Å². The summed E-state index contributed by atoms with van der Waals surface area (Å²) in [4.78, 5) is 0. The molecule has 0 aliphatic heterocycles.